The fourth-order valence-electron chi connectivity index (χ4n) is 2.31. The zero-order chi connectivity index (χ0) is 15.7. The molecular formula is C17H13Cl2NO2. The molecular weight excluding hydrogens is 321 g/mol. The second kappa shape index (κ2) is 6.03. The van der Waals surface area contributed by atoms with E-state index < -0.39 is 0 Å². The van der Waals surface area contributed by atoms with Gasteiger partial charge >= 0.3 is 0 Å². The Morgan fingerprint density at radius 1 is 1.18 bits per heavy atom. The number of rotatable bonds is 3. The van der Waals surface area contributed by atoms with Crippen LogP contribution >= 0.6 is 23.2 Å². The van der Waals surface area contributed by atoms with Gasteiger partial charge in [0.25, 0.3) is 0 Å². The largest absolute Gasteiger partial charge is 0.464 e. The Labute approximate surface area is 137 Å². The van der Waals surface area contributed by atoms with Gasteiger partial charge in [-0.25, -0.2) is 0 Å². The van der Waals surface area contributed by atoms with E-state index in [1.165, 1.54) is 0 Å². The highest BCUT2D eigenvalue weighted by atomic mass is 35.5. The van der Waals surface area contributed by atoms with Gasteiger partial charge in [0.1, 0.15) is 5.58 Å². The van der Waals surface area contributed by atoms with Crippen molar-refractivity contribution in [1.29, 1.82) is 0 Å². The van der Waals surface area contributed by atoms with Crippen LogP contribution in [0.3, 0.4) is 0 Å². The number of fused-ring (bicyclic) bond motifs is 1. The Bertz CT molecular complexity index is 835. The van der Waals surface area contributed by atoms with Crippen LogP contribution < -0.4 is 5.32 Å². The minimum atomic E-state index is -0.195. The minimum absolute atomic E-state index is 0.192. The number of hydrogen-bond acceptors (Lipinski definition) is 2. The lowest BCUT2D eigenvalue weighted by Crippen LogP contribution is -2.14. The number of anilines is 1. The molecule has 0 radical (unpaired) electrons. The fourth-order valence-corrected chi connectivity index (χ4v) is 2.80. The third-order valence-corrected chi connectivity index (χ3v) is 4.02. The van der Waals surface area contributed by atoms with Crippen molar-refractivity contribution >= 4 is 45.8 Å². The molecule has 1 heterocycles. The third kappa shape index (κ3) is 2.96. The smallest absolute Gasteiger partial charge is 0.229 e. The molecule has 2 aromatic carbocycles. The van der Waals surface area contributed by atoms with Gasteiger partial charge in [0.05, 0.1) is 28.4 Å². The van der Waals surface area contributed by atoms with Crippen molar-refractivity contribution in [2.75, 3.05) is 5.32 Å². The molecule has 0 saturated heterocycles. The van der Waals surface area contributed by atoms with Gasteiger partial charge in [-0.15, -0.1) is 0 Å². The number of amides is 1. The van der Waals surface area contributed by atoms with E-state index in [1.54, 1.807) is 24.5 Å². The lowest BCUT2D eigenvalue weighted by molar-refractivity contribution is -0.115. The number of hydrogen-bond donors (Lipinski definition) is 1. The van der Waals surface area contributed by atoms with Crippen LogP contribution in [0.5, 0.6) is 0 Å². The standard InChI is InChI=1S/C17H13Cl2NO2/c1-10-5-6-15-12(7-10)11(9-22-15)8-16(21)20-17-13(18)3-2-4-14(17)19/h2-7,9H,8H2,1H3,(H,20,21). The summed E-state index contributed by atoms with van der Waals surface area (Å²) < 4.78 is 5.47. The van der Waals surface area contributed by atoms with Gasteiger partial charge in [-0.05, 0) is 31.2 Å². The molecule has 0 saturated carbocycles. The Hall–Kier alpha value is -1.97. The average molecular weight is 334 g/mol. The number of para-hydroxylation sites is 1. The summed E-state index contributed by atoms with van der Waals surface area (Å²) in [5.41, 5.74) is 3.15. The van der Waals surface area contributed by atoms with E-state index in [1.807, 2.05) is 25.1 Å². The zero-order valence-corrected chi connectivity index (χ0v) is 13.3. The molecule has 0 atom stereocenters. The van der Waals surface area contributed by atoms with Crippen molar-refractivity contribution in [3.63, 3.8) is 0 Å². The van der Waals surface area contributed by atoms with Crippen LogP contribution in [0.2, 0.25) is 10.0 Å². The maximum atomic E-state index is 12.2. The molecule has 0 unspecified atom stereocenters. The molecule has 1 amide bonds. The van der Waals surface area contributed by atoms with Crippen LogP contribution in [-0.2, 0) is 11.2 Å². The lowest BCUT2D eigenvalue weighted by Gasteiger charge is -2.08. The maximum Gasteiger partial charge on any atom is 0.229 e. The van der Waals surface area contributed by atoms with Gasteiger partial charge in [-0.3, -0.25) is 4.79 Å². The summed E-state index contributed by atoms with van der Waals surface area (Å²) in [6.45, 7) is 2.00. The van der Waals surface area contributed by atoms with Crippen molar-refractivity contribution in [1.82, 2.24) is 0 Å². The first-order chi connectivity index (χ1) is 10.5. The molecule has 3 nitrogen and oxygen atoms in total. The lowest BCUT2D eigenvalue weighted by atomic mass is 10.1. The highest BCUT2D eigenvalue weighted by molar-refractivity contribution is 6.39. The molecule has 3 aromatic rings. The van der Waals surface area contributed by atoms with Crippen LogP contribution in [-0.4, -0.2) is 5.91 Å². The summed E-state index contributed by atoms with van der Waals surface area (Å²) in [6, 6.07) is 11.0. The highest BCUT2D eigenvalue weighted by Crippen LogP contribution is 2.30. The number of furan rings is 1. The summed E-state index contributed by atoms with van der Waals surface area (Å²) >= 11 is 12.1. The first-order valence-corrected chi connectivity index (χ1v) is 7.51. The topological polar surface area (TPSA) is 42.2 Å². The number of aryl methyl sites for hydroxylation is 1. The number of nitrogens with one attached hydrogen (secondary N) is 1. The molecule has 112 valence electrons. The van der Waals surface area contributed by atoms with E-state index in [-0.39, 0.29) is 12.3 Å². The van der Waals surface area contributed by atoms with Gasteiger partial charge in [-0.1, -0.05) is 40.9 Å². The molecule has 5 heteroatoms. The van der Waals surface area contributed by atoms with Gasteiger partial charge in [-0.2, -0.15) is 0 Å². The SMILES string of the molecule is Cc1ccc2occ(CC(=O)Nc3c(Cl)cccc3Cl)c2c1. The molecule has 1 aromatic heterocycles. The van der Waals surface area contributed by atoms with Crippen LogP contribution in [0.25, 0.3) is 11.0 Å². The van der Waals surface area contributed by atoms with Crippen molar-refractivity contribution in [3.05, 3.63) is 63.8 Å². The Kier molecular flexibility index (Phi) is 4.10. The molecule has 0 spiro atoms. The predicted octanol–water partition coefficient (Wildman–Crippen LogP) is 5.23. The number of carbonyl (C=O) groups is 1. The maximum absolute atomic E-state index is 12.2. The summed E-state index contributed by atoms with van der Waals surface area (Å²) in [4.78, 5) is 12.2. The molecule has 0 aliphatic heterocycles. The first kappa shape index (κ1) is 14.9. The second-order valence-electron chi connectivity index (χ2n) is 5.08. The highest BCUT2D eigenvalue weighted by Gasteiger charge is 2.13. The molecule has 0 fully saturated rings. The molecule has 0 aliphatic rings. The van der Waals surface area contributed by atoms with E-state index in [9.17, 15) is 4.79 Å². The quantitative estimate of drug-likeness (QED) is 0.713. The normalized spacial score (nSPS) is 10.9. The third-order valence-electron chi connectivity index (χ3n) is 3.39. The van der Waals surface area contributed by atoms with Gasteiger partial charge in [0.15, 0.2) is 0 Å². The van der Waals surface area contributed by atoms with Crippen molar-refractivity contribution in [3.8, 4) is 0 Å². The van der Waals surface area contributed by atoms with Crippen LogP contribution in [0, 0.1) is 6.92 Å². The summed E-state index contributed by atoms with van der Waals surface area (Å²) in [5.74, 6) is -0.195. The molecule has 22 heavy (non-hydrogen) atoms. The summed E-state index contributed by atoms with van der Waals surface area (Å²) in [5, 5.41) is 4.52. The second-order valence-corrected chi connectivity index (χ2v) is 5.90. The molecule has 3 rings (SSSR count). The van der Waals surface area contributed by atoms with E-state index >= 15 is 0 Å². The summed E-state index contributed by atoms with van der Waals surface area (Å²) in [7, 11) is 0. The van der Waals surface area contributed by atoms with Gasteiger partial charge in [0.2, 0.25) is 5.91 Å². The first-order valence-electron chi connectivity index (χ1n) is 6.75. The van der Waals surface area contributed by atoms with Gasteiger partial charge < -0.3 is 9.73 Å². The van der Waals surface area contributed by atoms with Crippen LogP contribution in [0.1, 0.15) is 11.1 Å². The average Bonchev–Trinajstić information content (AvgIpc) is 2.85. The predicted molar refractivity (Wildman–Crippen MR) is 89.7 cm³/mol. The monoisotopic (exact) mass is 333 g/mol. The van der Waals surface area contributed by atoms with Crippen LogP contribution in [0.4, 0.5) is 5.69 Å². The van der Waals surface area contributed by atoms with E-state index in [2.05, 4.69) is 5.32 Å². The fraction of sp³-hybridized carbons (Fsp3) is 0.118. The Morgan fingerprint density at radius 3 is 2.64 bits per heavy atom. The van der Waals surface area contributed by atoms with E-state index in [0.29, 0.717) is 15.7 Å². The molecule has 0 aliphatic carbocycles. The number of benzene rings is 2. The zero-order valence-electron chi connectivity index (χ0n) is 11.8. The van der Waals surface area contributed by atoms with Crippen molar-refractivity contribution in [2.45, 2.75) is 13.3 Å². The van der Waals surface area contributed by atoms with Crippen molar-refractivity contribution < 1.29 is 9.21 Å². The summed E-state index contributed by atoms with van der Waals surface area (Å²) in [6.07, 6.45) is 1.80. The van der Waals surface area contributed by atoms with E-state index in [4.69, 9.17) is 27.6 Å². The number of carbonyl (C=O) groups excluding carboxylic acids is 1. The van der Waals surface area contributed by atoms with Crippen LogP contribution in [0.15, 0.2) is 47.1 Å². The Balaban J connectivity index is 1.83. The minimum Gasteiger partial charge on any atom is -0.464 e. The molecule has 0 bridgehead atoms. The Morgan fingerprint density at radius 2 is 1.91 bits per heavy atom. The number of halogens is 2. The van der Waals surface area contributed by atoms with Gasteiger partial charge in [0, 0.05) is 10.9 Å². The van der Waals surface area contributed by atoms with E-state index in [0.717, 1.165) is 22.1 Å². The molecule has 1 N–H and O–H groups in total. The van der Waals surface area contributed by atoms with Crippen molar-refractivity contribution in [2.24, 2.45) is 0 Å².